The van der Waals surface area contributed by atoms with Gasteiger partial charge in [0.05, 0.1) is 23.2 Å². The summed E-state index contributed by atoms with van der Waals surface area (Å²) in [6.45, 7) is 22.9. The molecule has 6 aromatic rings. The van der Waals surface area contributed by atoms with E-state index in [1.54, 1.807) is 0 Å². The maximum absolute atomic E-state index is 11.3. The Kier molecular flexibility index (Phi) is 21.3. The van der Waals surface area contributed by atoms with E-state index in [9.17, 15) is 5.11 Å². The second-order valence-corrected chi connectivity index (χ2v) is 53.6. The van der Waals surface area contributed by atoms with Gasteiger partial charge in [0.15, 0.2) is 0 Å². The summed E-state index contributed by atoms with van der Waals surface area (Å²) in [5.74, 6) is 3.25. The molecule has 3 unspecified atom stereocenters. The summed E-state index contributed by atoms with van der Waals surface area (Å²) in [7, 11) is 0. The van der Waals surface area contributed by atoms with E-state index in [1.807, 2.05) is 40.8 Å². The van der Waals surface area contributed by atoms with E-state index in [-0.39, 0.29) is 18.6 Å². The zero-order valence-electron chi connectivity index (χ0n) is 42.1. The van der Waals surface area contributed by atoms with Crippen LogP contribution in [-0.4, -0.2) is 32.2 Å². The van der Waals surface area contributed by atoms with Crippen molar-refractivity contribution in [1.82, 2.24) is 9.13 Å². The van der Waals surface area contributed by atoms with Crippen LogP contribution in [0.3, 0.4) is 0 Å². The molecule has 1 N–H and O–H groups in total. The van der Waals surface area contributed by atoms with Crippen molar-refractivity contribution in [3.63, 3.8) is 0 Å². The third-order valence-electron chi connectivity index (χ3n) is 14.8. The zero-order chi connectivity index (χ0) is 49.2. The van der Waals surface area contributed by atoms with Crippen LogP contribution in [-0.2, 0) is 33.5 Å². The predicted molar refractivity (Wildman–Crippen MR) is 309 cm³/mol. The van der Waals surface area contributed by atoms with Gasteiger partial charge in [-0.1, -0.05) is 177 Å². The van der Waals surface area contributed by atoms with E-state index in [2.05, 4.69) is 230 Å². The SMILES string of the molecule is CCc1ccc(C(O)c2cn(C3O[C@H](CC)[C@@H](C)[C@H](C)[C@H]3C)c3ccccc23)cc1.CCc1ccc(Cc2cn(C3O[C@H](CC)[C@@H](C)[C@H](C)[C@H]3C)c3ccccc23)cc1.[3H]CI.[3H][V]([I])([I])[I]. The van der Waals surface area contributed by atoms with Gasteiger partial charge in [0.25, 0.3) is 0 Å². The van der Waals surface area contributed by atoms with Crippen LogP contribution in [0.5, 0.6) is 0 Å². The number of aliphatic hydroxyl groups excluding tert-OH is 1. The number of halogens is 4. The molecular formula is C55H74I4N2O3V. The summed E-state index contributed by atoms with van der Waals surface area (Å²) in [6, 6.07) is 34.6. The Morgan fingerprint density at radius 1 is 0.600 bits per heavy atom. The van der Waals surface area contributed by atoms with Crippen LogP contribution in [0.2, 0.25) is 0 Å². The molecule has 2 aliphatic rings. The van der Waals surface area contributed by atoms with Crippen LogP contribution >= 0.6 is 82.5 Å². The molecule has 65 heavy (non-hydrogen) atoms. The Balaban J connectivity index is 0.000000217. The van der Waals surface area contributed by atoms with Gasteiger partial charge >= 0.3 is 65.6 Å². The number of fused-ring (bicyclic) bond motifs is 2. The molecule has 0 bridgehead atoms. The molecule has 2 aromatic heterocycles. The molecule has 2 aliphatic heterocycles. The van der Waals surface area contributed by atoms with Gasteiger partial charge in [-0.3, -0.25) is 0 Å². The van der Waals surface area contributed by atoms with E-state index in [4.69, 9.17) is 11.7 Å². The van der Waals surface area contributed by atoms with Gasteiger partial charge in [-0.25, -0.2) is 0 Å². The van der Waals surface area contributed by atoms with E-state index >= 15 is 0 Å². The van der Waals surface area contributed by atoms with E-state index < -0.39 is 10.9 Å². The number of para-hydroxylation sites is 2. The van der Waals surface area contributed by atoms with Crippen molar-refractivity contribution < 1.29 is 20.7 Å². The van der Waals surface area contributed by atoms with Crippen molar-refractivity contribution in [2.45, 2.75) is 132 Å². The normalized spacial score (nSPS) is 26.4. The minimum atomic E-state index is -1.72. The number of ether oxygens (including phenoxy) is 2. The van der Waals surface area contributed by atoms with Crippen molar-refractivity contribution in [3.05, 3.63) is 143 Å². The summed E-state index contributed by atoms with van der Waals surface area (Å²) in [5.41, 5.74) is 9.74. The van der Waals surface area contributed by atoms with Crippen molar-refractivity contribution >= 4 is 104 Å². The van der Waals surface area contributed by atoms with Crippen molar-refractivity contribution in [2.24, 2.45) is 35.5 Å². The van der Waals surface area contributed by atoms with Gasteiger partial charge in [0, 0.05) is 41.9 Å². The molecule has 5 nitrogen and oxygen atoms in total. The summed E-state index contributed by atoms with van der Waals surface area (Å²) in [4.78, 5) is 0.470. The summed E-state index contributed by atoms with van der Waals surface area (Å²) >= 11 is 8.52. The topological polar surface area (TPSA) is 48.5 Å². The van der Waals surface area contributed by atoms with E-state index in [0.717, 1.165) is 54.1 Å². The zero-order valence-corrected chi connectivity index (χ0v) is 50.1. The molecule has 355 valence electrons. The molecule has 2 fully saturated rings. The molecule has 0 saturated carbocycles. The van der Waals surface area contributed by atoms with Crippen molar-refractivity contribution in [3.8, 4) is 0 Å². The summed E-state index contributed by atoms with van der Waals surface area (Å²) < 4.78 is 29.6. The number of rotatable bonds is 10. The van der Waals surface area contributed by atoms with Crippen molar-refractivity contribution in [1.29, 1.82) is 0.879 Å². The first-order chi connectivity index (χ1) is 31.9. The van der Waals surface area contributed by atoms with Gasteiger partial charge in [-0.05, 0) is 101 Å². The number of hydrogen-bond acceptors (Lipinski definition) is 3. The molecule has 4 aromatic carbocycles. The second kappa shape index (κ2) is 26.5. The number of benzene rings is 4. The Hall–Kier alpha value is -0.656. The van der Waals surface area contributed by atoms with Crippen LogP contribution in [0.1, 0.15) is 135 Å². The van der Waals surface area contributed by atoms with Crippen LogP contribution in [0, 0.1) is 35.5 Å². The molecule has 2 saturated heterocycles. The number of hydrogen-bond donors (Lipinski definition) is 1. The molecule has 4 heterocycles. The molecule has 0 aliphatic carbocycles. The molecule has 8 rings (SSSR count). The number of nitrogens with zero attached hydrogens (tertiary/aromatic N) is 2. The molecule has 0 radical (unpaired) electrons. The van der Waals surface area contributed by atoms with Crippen LogP contribution < -0.4 is 0 Å². The number of aliphatic hydroxyl groups is 1. The fraction of sp³-hybridized carbons (Fsp3) is 0.491. The first-order valence-electron chi connectivity index (χ1n) is 24.8. The summed E-state index contributed by atoms with van der Waals surface area (Å²) in [6.07, 6.45) is 9.65. The Bertz CT molecular complexity index is 2410. The third-order valence-corrected chi connectivity index (χ3v) is 14.8. The standard InChI is InChI=1S/C27H35NO2.C27H35NO.CH3I.3HI.V.H/c1-6-20-12-14-21(15-13-20)26(29)23-16-28(24-11-9-8-10-22(23)24)27-19(5)17(3)18(4)25(7-2)30-27;1-6-21-12-14-22(15-13-21)16-23-17-28(25-11-9-8-10-24(23)25)27-20(5)18(3)19(4)26(7-2)29-27;1-2;;;;;/h8-19,25-27,29H,6-7H2,1-5H3;8-15,17-20,26-27H,6-7,16H2,1-5H3;1H3;3*1H;;/q;;;;;;+3;/p-3/t17-,18-,19+,25+,26?,27?;18-,19-,20+,26+,27?;;;;;;/m00....../s1/i;;1T;;;;;1+2. The molecule has 10 heteroatoms. The fourth-order valence-corrected chi connectivity index (χ4v) is 10.1. The van der Waals surface area contributed by atoms with Gasteiger partial charge in [0.2, 0.25) is 0 Å². The average molecular weight is 1370 g/mol. The van der Waals surface area contributed by atoms with E-state index in [1.165, 1.54) is 33.2 Å². The molecule has 0 spiro atoms. The second-order valence-electron chi connectivity index (χ2n) is 18.2. The van der Waals surface area contributed by atoms with Gasteiger partial charge in [-0.2, -0.15) is 0 Å². The van der Waals surface area contributed by atoms with Gasteiger partial charge in [0.1, 0.15) is 18.6 Å². The number of aryl methyl sites for hydroxylation is 2. The van der Waals surface area contributed by atoms with Crippen molar-refractivity contribution in [2.75, 3.05) is 4.91 Å². The first kappa shape index (κ1) is 52.2. The predicted octanol–water partition coefficient (Wildman–Crippen LogP) is 16.9. The first-order valence-corrected chi connectivity index (χ1v) is 38.6. The van der Waals surface area contributed by atoms with Crippen LogP contribution in [0.25, 0.3) is 21.8 Å². The maximum atomic E-state index is 11.3. The molecular weight excluding hydrogens is 1300 g/mol. The number of alkyl halides is 1. The van der Waals surface area contributed by atoms with Gasteiger partial charge < -0.3 is 23.7 Å². The quantitative estimate of drug-likeness (QED) is 0.110. The Labute approximate surface area is 445 Å². The molecule has 11 atom stereocenters. The van der Waals surface area contributed by atoms with E-state index in [0.29, 0.717) is 46.5 Å². The Morgan fingerprint density at radius 3 is 1.46 bits per heavy atom. The fourth-order valence-electron chi connectivity index (χ4n) is 10.1. The Morgan fingerprint density at radius 2 is 1.00 bits per heavy atom. The van der Waals surface area contributed by atoms with Crippen LogP contribution in [0.4, 0.5) is 0 Å². The average Bonchev–Trinajstić information content (AvgIpc) is 3.89. The van der Waals surface area contributed by atoms with Crippen LogP contribution in [0.15, 0.2) is 109 Å². The third kappa shape index (κ3) is 13.4. The monoisotopic (exact) mass is 1370 g/mol. The summed E-state index contributed by atoms with van der Waals surface area (Å²) in [5, 5.41) is 13.7. The minimum absolute atomic E-state index is 0.0190. The number of aromatic nitrogens is 2. The van der Waals surface area contributed by atoms with Gasteiger partial charge in [-0.15, -0.1) is 0 Å². The molecule has 0 amide bonds.